The van der Waals surface area contributed by atoms with Gasteiger partial charge in [-0.05, 0) is 19.1 Å². The maximum atomic E-state index is 5.13. The fraction of sp³-hybridized carbons (Fsp3) is 0.545. The van der Waals surface area contributed by atoms with Crippen LogP contribution < -0.4 is 5.32 Å². The summed E-state index contributed by atoms with van der Waals surface area (Å²) in [6.45, 7) is 4.85. The van der Waals surface area contributed by atoms with Crippen LogP contribution in [0.2, 0.25) is 0 Å². The predicted molar refractivity (Wildman–Crippen MR) is 64.3 cm³/mol. The molecule has 1 aromatic rings. The molecule has 0 bridgehead atoms. The first-order chi connectivity index (χ1) is 7.38. The highest BCUT2D eigenvalue weighted by molar-refractivity contribution is 7.99. The molecule has 0 amide bonds. The first kappa shape index (κ1) is 10.8. The van der Waals surface area contributed by atoms with Crippen LogP contribution in [-0.4, -0.2) is 30.0 Å². The highest BCUT2D eigenvalue weighted by Crippen LogP contribution is 2.23. The van der Waals surface area contributed by atoms with Gasteiger partial charge in [0.2, 0.25) is 0 Å². The lowest BCUT2D eigenvalue weighted by Crippen LogP contribution is -2.30. The van der Waals surface area contributed by atoms with Crippen molar-refractivity contribution in [1.82, 2.24) is 4.98 Å². The van der Waals surface area contributed by atoms with E-state index in [1.807, 2.05) is 24.0 Å². The number of rotatable bonds is 5. The molecule has 2 rings (SSSR count). The summed E-state index contributed by atoms with van der Waals surface area (Å²) in [6, 6.07) is 4.13. The van der Waals surface area contributed by atoms with Gasteiger partial charge < -0.3 is 10.1 Å². The van der Waals surface area contributed by atoms with Crippen molar-refractivity contribution in [2.24, 2.45) is 0 Å². The lowest BCUT2D eigenvalue weighted by atomic mass is 10.3. The molecule has 1 aromatic heterocycles. The molecular formula is C11H16N2OS. The Kier molecular flexibility index (Phi) is 3.86. The van der Waals surface area contributed by atoms with Gasteiger partial charge in [0.15, 0.2) is 0 Å². The zero-order valence-electron chi connectivity index (χ0n) is 8.90. The molecule has 0 radical (unpaired) electrons. The molecule has 0 saturated carbocycles. The molecule has 0 atom stereocenters. The summed E-state index contributed by atoms with van der Waals surface area (Å²) >= 11 is 1.93. The van der Waals surface area contributed by atoms with E-state index in [9.17, 15) is 0 Å². The molecule has 1 N–H and O–H groups in total. The van der Waals surface area contributed by atoms with Crippen LogP contribution in [0, 0.1) is 0 Å². The Hall–Kier alpha value is -0.740. The molecule has 1 fully saturated rings. The molecule has 0 spiro atoms. The Labute approximate surface area is 94.6 Å². The molecule has 1 aliphatic rings. The van der Waals surface area contributed by atoms with E-state index < -0.39 is 0 Å². The molecule has 82 valence electrons. The number of nitrogens with zero attached hydrogens (tertiary/aromatic N) is 1. The number of pyridine rings is 1. The second-order valence-electron chi connectivity index (χ2n) is 3.54. The standard InChI is InChI=1S/C11H16N2OS/c1-2-12-9-3-4-13-10(5-9)8-15-11-6-14-7-11/h3-5,11H,2,6-8H2,1H3,(H,12,13). The average molecular weight is 224 g/mol. The van der Waals surface area contributed by atoms with Gasteiger partial charge in [-0.15, -0.1) is 11.8 Å². The zero-order chi connectivity index (χ0) is 10.5. The fourth-order valence-electron chi connectivity index (χ4n) is 1.38. The quantitative estimate of drug-likeness (QED) is 0.831. The lowest BCUT2D eigenvalue weighted by Gasteiger charge is -2.25. The molecule has 0 unspecified atom stereocenters. The van der Waals surface area contributed by atoms with Gasteiger partial charge in [-0.2, -0.15) is 0 Å². The summed E-state index contributed by atoms with van der Waals surface area (Å²) in [7, 11) is 0. The van der Waals surface area contributed by atoms with Gasteiger partial charge >= 0.3 is 0 Å². The van der Waals surface area contributed by atoms with Crippen LogP contribution in [0.25, 0.3) is 0 Å². The number of anilines is 1. The molecule has 15 heavy (non-hydrogen) atoms. The number of ether oxygens (including phenoxy) is 1. The van der Waals surface area contributed by atoms with E-state index in [1.165, 1.54) is 0 Å². The van der Waals surface area contributed by atoms with E-state index >= 15 is 0 Å². The van der Waals surface area contributed by atoms with Gasteiger partial charge in [0.1, 0.15) is 0 Å². The molecular weight excluding hydrogens is 208 g/mol. The van der Waals surface area contributed by atoms with Gasteiger partial charge in [-0.1, -0.05) is 0 Å². The van der Waals surface area contributed by atoms with Crippen molar-refractivity contribution in [1.29, 1.82) is 0 Å². The SMILES string of the molecule is CCNc1ccnc(CSC2COC2)c1. The second kappa shape index (κ2) is 5.37. The molecule has 2 heterocycles. The van der Waals surface area contributed by atoms with Crippen LogP contribution in [0.3, 0.4) is 0 Å². The number of hydrogen-bond acceptors (Lipinski definition) is 4. The van der Waals surface area contributed by atoms with Crippen molar-refractivity contribution >= 4 is 17.4 Å². The highest BCUT2D eigenvalue weighted by atomic mass is 32.2. The monoisotopic (exact) mass is 224 g/mol. The molecule has 1 saturated heterocycles. The number of hydrogen-bond donors (Lipinski definition) is 1. The number of nitrogens with one attached hydrogen (secondary N) is 1. The third kappa shape index (κ3) is 3.11. The van der Waals surface area contributed by atoms with Gasteiger partial charge in [-0.3, -0.25) is 4.98 Å². The predicted octanol–water partition coefficient (Wildman–Crippen LogP) is 2.15. The van der Waals surface area contributed by atoms with Gasteiger partial charge in [0.05, 0.1) is 24.2 Å². The molecule has 1 aliphatic heterocycles. The first-order valence-electron chi connectivity index (χ1n) is 5.26. The summed E-state index contributed by atoms with van der Waals surface area (Å²) in [5.74, 6) is 0.979. The van der Waals surface area contributed by atoms with Crippen molar-refractivity contribution in [2.75, 3.05) is 25.1 Å². The largest absolute Gasteiger partial charge is 0.385 e. The van der Waals surface area contributed by atoms with E-state index in [0.717, 1.165) is 36.9 Å². The maximum Gasteiger partial charge on any atom is 0.0608 e. The molecule has 0 aromatic carbocycles. The van der Waals surface area contributed by atoms with Crippen LogP contribution in [0.1, 0.15) is 12.6 Å². The van der Waals surface area contributed by atoms with Crippen LogP contribution >= 0.6 is 11.8 Å². The van der Waals surface area contributed by atoms with Crippen LogP contribution in [-0.2, 0) is 10.5 Å². The number of thioether (sulfide) groups is 1. The Morgan fingerprint density at radius 1 is 1.60 bits per heavy atom. The topological polar surface area (TPSA) is 34.2 Å². The van der Waals surface area contributed by atoms with E-state index in [0.29, 0.717) is 5.25 Å². The second-order valence-corrected chi connectivity index (χ2v) is 4.83. The van der Waals surface area contributed by atoms with Gasteiger partial charge in [0, 0.05) is 24.2 Å². The minimum absolute atomic E-state index is 0.676. The van der Waals surface area contributed by atoms with Crippen molar-refractivity contribution in [3.8, 4) is 0 Å². The number of aromatic nitrogens is 1. The van der Waals surface area contributed by atoms with Gasteiger partial charge in [-0.25, -0.2) is 0 Å². The van der Waals surface area contributed by atoms with E-state index in [-0.39, 0.29) is 0 Å². The lowest BCUT2D eigenvalue weighted by molar-refractivity contribution is 0.0455. The molecule has 0 aliphatic carbocycles. The van der Waals surface area contributed by atoms with Crippen molar-refractivity contribution in [3.63, 3.8) is 0 Å². The fourth-order valence-corrected chi connectivity index (χ4v) is 2.33. The van der Waals surface area contributed by atoms with Crippen molar-refractivity contribution in [3.05, 3.63) is 24.0 Å². The van der Waals surface area contributed by atoms with Crippen LogP contribution in [0.4, 0.5) is 5.69 Å². The average Bonchev–Trinajstić information content (AvgIpc) is 2.16. The van der Waals surface area contributed by atoms with E-state index in [2.05, 4.69) is 23.3 Å². The van der Waals surface area contributed by atoms with Crippen molar-refractivity contribution in [2.45, 2.75) is 17.9 Å². The summed E-state index contributed by atoms with van der Waals surface area (Å²) < 4.78 is 5.13. The van der Waals surface area contributed by atoms with Crippen LogP contribution in [0.5, 0.6) is 0 Å². The molecule has 4 heteroatoms. The maximum absolute atomic E-state index is 5.13. The first-order valence-corrected chi connectivity index (χ1v) is 6.31. The molecule has 3 nitrogen and oxygen atoms in total. The minimum Gasteiger partial charge on any atom is -0.385 e. The Bertz CT molecular complexity index is 315. The smallest absolute Gasteiger partial charge is 0.0608 e. The zero-order valence-corrected chi connectivity index (χ0v) is 9.72. The summed E-state index contributed by atoms with van der Waals surface area (Å²) in [5, 5.41) is 3.97. The summed E-state index contributed by atoms with van der Waals surface area (Å²) in [4.78, 5) is 4.35. The van der Waals surface area contributed by atoms with Crippen LogP contribution in [0.15, 0.2) is 18.3 Å². The normalized spacial score (nSPS) is 16.1. The Balaban J connectivity index is 1.86. The van der Waals surface area contributed by atoms with E-state index in [4.69, 9.17) is 4.74 Å². The summed E-state index contributed by atoms with van der Waals surface area (Å²) in [5.41, 5.74) is 2.30. The Morgan fingerprint density at radius 2 is 2.47 bits per heavy atom. The third-order valence-corrected chi connectivity index (χ3v) is 3.48. The van der Waals surface area contributed by atoms with E-state index in [1.54, 1.807) is 0 Å². The summed E-state index contributed by atoms with van der Waals surface area (Å²) in [6.07, 6.45) is 1.87. The highest BCUT2D eigenvalue weighted by Gasteiger charge is 2.18. The minimum atomic E-state index is 0.676. The van der Waals surface area contributed by atoms with Gasteiger partial charge in [0.25, 0.3) is 0 Å². The Morgan fingerprint density at radius 3 is 3.13 bits per heavy atom. The third-order valence-electron chi connectivity index (χ3n) is 2.27. The van der Waals surface area contributed by atoms with Crippen molar-refractivity contribution < 1.29 is 4.74 Å².